The number of carbonyl (C=O) groups excluding carboxylic acids is 1. The molecule has 2 aliphatic rings. The summed E-state index contributed by atoms with van der Waals surface area (Å²) in [6.45, 7) is 6.00. The lowest BCUT2D eigenvalue weighted by molar-refractivity contribution is 0.0830. The molecule has 2 aromatic rings. The van der Waals surface area contributed by atoms with Gasteiger partial charge in [-0.15, -0.1) is 0 Å². The Morgan fingerprint density at radius 2 is 1.83 bits per heavy atom. The second-order valence-electron chi connectivity index (χ2n) is 7.03. The minimum atomic E-state index is -3.53. The quantitative estimate of drug-likeness (QED) is 0.805. The zero-order valence-electron chi connectivity index (χ0n) is 13.5. The Labute approximate surface area is 135 Å². The third-order valence-electron chi connectivity index (χ3n) is 5.16. The summed E-state index contributed by atoms with van der Waals surface area (Å²) in [6.07, 6.45) is 1.76. The summed E-state index contributed by atoms with van der Waals surface area (Å²) in [6, 6.07) is 3.93. The fourth-order valence-electron chi connectivity index (χ4n) is 3.58. The highest BCUT2D eigenvalue weighted by atomic mass is 32.2. The molecule has 23 heavy (non-hydrogen) atoms. The Balaban J connectivity index is 1.84. The molecule has 1 spiro atoms. The molecular formula is C17H19NO4S. The number of hydrogen-bond donors (Lipinski definition) is 0. The van der Waals surface area contributed by atoms with Crippen LogP contribution in [0.1, 0.15) is 40.1 Å². The zero-order chi connectivity index (χ0) is 16.6. The van der Waals surface area contributed by atoms with Crippen LogP contribution in [0, 0.1) is 26.2 Å². The van der Waals surface area contributed by atoms with Crippen molar-refractivity contribution in [2.45, 2.75) is 33.6 Å². The number of aryl methyl sites for hydroxylation is 3. The molecule has 0 bridgehead atoms. The van der Waals surface area contributed by atoms with Gasteiger partial charge in [-0.2, -0.15) is 0 Å². The second kappa shape index (κ2) is 4.38. The Kier molecular flexibility index (Phi) is 2.81. The van der Waals surface area contributed by atoms with Gasteiger partial charge in [-0.1, -0.05) is 12.1 Å². The van der Waals surface area contributed by atoms with Gasteiger partial charge >= 0.3 is 5.91 Å². The lowest BCUT2D eigenvalue weighted by atomic mass is 10.0. The Morgan fingerprint density at radius 3 is 2.39 bits per heavy atom. The van der Waals surface area contributed by atoms with Crippen molar-refractivity contribution in [1.82, 2.24) is 4.31 Å². The molecule has 0 radical (unpaired) electrons. The van der Waals surface area contributed by atoms with E-state index in [4.69, 9.17) is 4.42 Å². The number of sulfonamides is 1. The average Bonchev–Trinajstić information content (AvgIpc) is 3.03. The van der Waals surface area contributed by atoms with E-state index in [1.807, 2.05) is 32.9 Å². The molecule has 1 aromatic carbocycles. The predicted octanol–water partition coefficient (Wildman–Crippen LogP) is 2.92. The van der Waals surface area contributed by atoms with E-state index >= 15 is 0 Å². The number of benzene rings is 1. The Morgan fingerprint density at radius 1 is 1.17 bits per heavy atom. The van der Waals surface area contributed by atoms with Crippen LogP contribution in [0.4, 0.5) is 0 Å². The van der Waals surface area contributed by atoms with Gasteiger partial charge < -0.3 is 4.42 Å². The summed E-state index contributed by atoms with van der Waals surface area (Å²) >= 11 is 0. The number of nitrogens with zero attached hydrogens (tertiary/aromatic N) is 1. The highest BCUT2D eigenvalue weighted by Gasteiger charge is 2.57. The van der Waals surface area contributed by atoms with Crippen molar-refractivity contribution in [2.75, 3.05) is 12.3 Å². The van der Waals surface area contributed by atoms with Crippen LogP contribution in [-0.4, -0.2) is 30.9 Å². The maximum absolute atomic E-state index is 12.8. The molecule has 122 valence electrons. The molecule has 0 unspecified atom stereocenters. The van der Waals surface area contributed by atoms with Gasteiger partial charge in [0.25, 0.3) is 0 Å². The van der Waals surface area contributed by atoms with Crippen LogP contribution in [0.25, 0.3) is 11.0 Å². The lowest BCUT2D eigenvalue weighted by Gasteiger charge is -2.13. The van der Waals surface area contributed by atoms with Gasteiger partial charge in [0.15, 0.2) is 5.76 Å². The molecule has 5 nitrogen and oxygen atoms in total. The third kappa shape index (κ3) is 2.04. The Bertz CT molecular complexity index is 951. The zero-order valence-corrected chi connectivity index (χ0v) is 14.3. The molecule has 0 N–H and O–H groups in total. The number of rotatable bonds is 1. The molecule has 1 aliphatic heterocycles. The number of fused-ring (bicyclic) bond motifs is 1. The van der Waals surface area contributed by atoms with Crippen LogP contribution in [-0.2, 0) is 10.0 Å². The van der Waals surface area contributed by atoms with Crippen LogP contribution in [0.3, 0.4) is 0 Å². The van der Waals surface area contributed by atoms with Gasteiger partial charge in [0, 0.05) is 22.9 Å². The summed E-state index contributed by atoms with van der Waals surface area (Å²) in [5.74, 6) is -0.289. The first-order valence-corrected chi connectivity index (χ1v) is 9.39. The molecule has 1 saturated carbocycles. The van der Waals surface area contributed by atoms with Crippen molar-refractivity contribution in [3.63, 3.8) is 0 Å². The van der Waals surface area contributed by atoms with Gasteiger partial charge in [0.05, 0.1) is 5.75 Å². The summed E-state index contributed by atoms with van der Waals surface area (Å²) in [5.41, 5.74) is 3.16. The highest BCUT2D eigenvalue weighted by Crippen LogP contribution is 2.52. The van der Waals surface area contributed by atoms with Gasteiger partial charge in [-0.25, -0.2) is 12.7 Å². The van der Waals surface area contributed by atoms with Gasteiger partial charge in [-0.3, -0.25) is 4.79 Å². The minimum absolute atomic E-state index is 0.0864. The van der Waals surface area contributed by atoms with Gasteiger partial charge in [0.2, 0.25) is 10.0 Å². The first-order chi connectivity index (χ1) is 10.7. The van der Waals surface area contributed by atoms with Gasteiger partial charge in [-0.05, 0) is 44.7 Å². The standard InChI is InChI=1S/C17H19NO4S/c1-10-4-5-11(2)14-13(10)12(3)15(22-14)16(19)18-8-17(6-7-17)9-23(18,20)21/h4-5H,6-9H2,1-3H3. The Hall–Kier alpha value is -1.82. The molecule has 2 heterocycles. The van der Waals surface area contributed by atoms with E-state index in [1.54, 1.807) is 0 Å². The number of amides is 1. The fraction of sp³-hybridized carbons (Fsp3) is 0.471. The van der Waals surface area contributed by atoms with Crippen molar-refractivity contribution >= 4 is 26.9 Å². The van der Waals surface area contributed by atoms with E-state index in [-0.39, 0.29) is 16.9 Å². The smallest absolute Gasteiger partial charge is 0.303 e. The van der Waals surface area contributed by atoms with E-state index in [2.05, 4.69) is 0 Å². The third-order valence-corrected chi connectivity index (χ3v) is 7.11. The first kappa shape index (κ1) is 14.8. The van der Waals surface area contributed by atoms with E-state index in [9.17, 15) is 13.2 Å². The summed E-state index contributed by atoms with van der Waals surface area (Å²) in [7, 11) is -3.53. The van der Waals surface area contributed by atoms with Crippen molar-refractivity contribution in [1.29, 1.82) is 0 Å². The molecule has 4 rings (SSSR count). The molecule has 1 amide bonds. The van der Waals surface area contributed by atoms with E-state index in [0.717, 1.165) is 39.2 Å². The number of furan rings is 1. The highest BCUT2D eigenvalue weighted by molar-refractivity contribution is 7.90. The van der Waals surface area contributed by atoms with Crippen LogP contribution in [0.2, 0.25) is 0 Å². The molecule has 6 heteroatoms. The fourth-order valence-corrected chi connectivity index (χ4v) is 5.70. The summed E-state index contributed by atoms with van der Waals surface area (Å²) < 4.78 is 31.5. The molecule has 1 aliphatic carbocycles. The molecule has 2 fully saturated rings. The second-order valence-corrected chi connectivity index (χ2v) is 8.92. The van der Waals surface area contributed by atoms with E-state index < -0.39 is 15.9 Å². The number of carbonyl (C=O) groups is 1. The van der Waals surface area contributed by atoms with Crippen molar-refractivity contribution in [3.8, 4) is 0 Å². The maximum Gasteiger partial charge on any atom is 0.303 e. The first-order valence-electron chi connectivity index (χ1n) is 7.78. The van der Waals surface area contributed by atoms with E-state index in [1.165, 1.54) is 0 Å². The largest absolute Gasteiger partial charge is 0.450 e. The van der Waals surface area contributed by atoms with Crippen LogP contribution in [0.5, 0.6) is 0 Å². The van der Waals surface area contributed by atoms with Crippen molar-refractivity contribution in [2.24, 2.45) is 5.41 Å². The predicted molar refractivity (Wildman–Crippen MR) is 86.9 cm³/mol. The average molecular weight is 333 g/mol. The van der Waals surface area contributed by atoms with Crippen LogP contribution >= 0.6 is 0 Å². The van der Waals surface area contributed by atoms with Crippen LogP contribution < -0.4 is 0 Å². The normalized spacial score (nSPS) is 21.3. The van der Waals surface area contributed by atoms with Gasteiger partial charge in [0.1, 0.15) is 5.58 Å². The SMILES string of the molecule is Cc1ccc(C)c2c(C)c(C(=O)N3CC4(CC4)CS3(=O)=O)oc12. The molecule has 1 aromatic heterocycles. The summed E-state index contributed by atoms with van der Waals surface area (Å²) in [4.78, 5) is 12.8. The molecule has 0 atom stereocenters. The molecule has 1 saturated heterocycles. The van der Waals surface area contributed by atoms with E-state index in [0.29, 0.717) is 12.1 Å². The summed E-state index contributed by atoms with van der Waals surface area (Å²) in [5, 5.41) is 0.908. The van der Waals surface area contributed by atoms with Crippen LogP contribution in [0.15, 0.2) is 16.5 Å². The molecular weight excluding hydrogens is 314 g/mol. The monoisotopic (exact) mass is 333 g/mol. The topological polar surface area (TPSA) is 67.6 Å². The van der Waals surface area contributed by atoms with Crippen molar-refractivity contribution < 1.29 is 17.6 Å². The maximum atomic E-state index is 12.8. The lowest BCUT2D eigenvalue weighted by Crippen LogP contribution is -2.33. The number of hydrogen-bond acceptors (Lipinski definition) is 4. The minimum Gasteiger partial charge on any atom is -0.450 e. The van der Waals surface area contributed by atoms with Crippen molar-refractivity contribution in [3.05, 3.63) is 34.6 Å².